The molecule has 2 fully saturated rings. The fourth-order valence-electron chi connectivity index (χ4n) is 6.04. The van der Waals surface area contributed by atoms with Crippen LogP contribution in [-0.4, -0.2) is 69.9 Å². The average molecular weight is 481 g/mol. The molecule has 0 aliphatic carbocycles. The zero-order valence-corrected chi connectivity index (χ0v) is 20.9. The number of aliphatic carboxylic acids is 1. The van der Waals surface area contributed by atoms with Crippen molar-refractivity contribution in [3.05, 3.63) is 35.5 Å². The number of likely N-dealkylation sites (tertiary alicyclic amines) is 2. The Morgan fingerprint density at radius 2 is 2.06 bits per heavy atom. The normalized spacial score (nSPS) is 23.1. The topological polar surface area (TPSA) is 98.8 Å². The van der Waals surface area contributed by atoms with E-state index in [2.05, 4.69) is 23.6 Å². The van der Waals surface area contributed by atoms with Gasteiger partial charge in [-0.1, -0.05) is 13.0 Å². The Morgan fingerprint density at radius 3 is 2.71 bits per heavy atom. The molecule has 2 amide bonds. The van der Waals surface area contributed by atoms with Crippen molar-refractivity contribution in [1.29, 1.82) is 5.26 Å². The van der Waals surface area contributed by atoms with E-state index in [9.17, 15) is 20.0 Å². The number of fused-ring (bicyclic) bond motifs is 1. The summed E-state index contributed by atoms with van der Waals surface area (Å²) >= 11 is 0. The van der Waals surface area contributed by atoms with Gasteiger partial charge in [-0.15, -0.1) is 0 Å². The summed E-state index contributed by atoms with van der Waals surface area (Å²) in [5.41, 5.74) is 2.95. The first kappa shape index (κ1) is 25.1. The maximum absolute atomic E-state index is 13.7. The van der Waals surface area contributed by atoms with Crippen LogP contribution < -0.4 is 0 Å². The molecular weight excluding hydrogens is 444 g/mol. The van der Waals surface area contributed by atoms with Crippen LogP contribution in [0.5, 0.6) is 0 Å². The standard InChI is InChI=1S/C27H36N4O4/c1-4-23(26(32)33)25-15-22(35-3)17-31(25)27(34)30-12-6-7-20(30)10-11-21-14-19-9-8-18(16-28)13-24(19)29(21)5-2/h8-9,13-14,20,22-23,25H,4-7,10-12,15,17H2,1-3H3,(H,32,33)/t20-,22+,23?,25+/m0/s1. The summed E-state index contributed by atoms with van der Waals surface area (Å²) in [6.07, 6.45) is 4.54. The van der Waals surface area contributed by atoms with Gasteiger partial charge >= 0.3 is 12.0 Å². The minimum atomic E-state index is -0.850. The zero-order valence-electron chi connectivity index (χ0n) is 20.9. The Kier molecular flexibility index (Phi) is 7.66. The molecule has 0 spiro atoms. The third-order valence-electron chi connectivity index (χ3n) is 7.90. The molecular formula is C27H36N4O4. The van der Waals surface area contributed by atoms with E-state index in [0.29, 0.717) is 31.5 Å². The molecule has 8 heteroatoms. The van der Waals surface area contributed by atoms with E-state index in [1.807, 2.05) is 30.0 Å². The zero-order chi connectivity index (χ0) is 25.1. The molecule has 0 radical (unpaired) electrons. The van der Waals surface area contributed by atoms with Crippen molar-refractivity contribution in [3.8, 4) is 6.07 Å². The number of hydrogen-bond acceptors (Lipinski definition) is 4. The molecule has 1 aromatic heterocycles. The Hall–Kier alpha value is -3.05. The number of carboxylic acid groups (broad SMARTS) is 1. The van der Waals surface area contributed by atoms with Crippen LogP contribution in [0.1, 0.15) is 57.2 Å². The second-order valence-electron chi connectivity index (χ2n) is 9.74. The molecule has 2 aliphatic heterocycles. The largest absolute Gasteiger partial charge is 0.481 e. The van der Waals surface area contributed by atoms with Crippen molar-refractivity contribution in [2.24, 2.45) is 5.92 Å². The van der Waals surface area contributed by atoms with Crippen LogP contribution >= 0.6 is 0 Å². The molecule has 8 nitrogen and oxygen atoms in total. The molecule has 4 atom stereocenters. The maximum Gasteiger partial charge on any atom is 0.320 e. The molecule has 0 saturated carbocycles. The lowest BCUT2D eigenvalue weighted by molar-refractivity contribution is -0.143. The number of urea groups is 1. The predicted molar refractivity (Wildman–Crippen MR) is 133 cm³/mol. The fraction of sp³-hybridized carbons (Fsp3) is 0.593. The van der Waals surface area contributed by atoms with Gasteiger partial charge in [-0.05, 0) is 69.0 Å². The van der Waals surface area contributed by atoms with E-state index in [4.69, 9.17) is 4.74 Å². The number of aryl methyl sites for hydroxylation is 2. The molecule has 2 saturated heterocycles. The van der Waals surface area contributed by atoms with Gasteiger partial charge in [0.2, 0.25) is 0 Å². The first-order valence-electron chi connectivity index (χ1n) is 12.8. The quantitative estimate of drug-likeness (QED) is 0.609. The van der Waals surface area contributed by atoms with E-state index in [1.165, 1.54) is 5.69 Å². The van der Waals surface area contributed by atoms with Gasteiger partial charge in [0, 0.05) is 50.0 Å². The number of benzene rings is 1. The number of hydrogen-bond donors (Lipinski definition) is 1. The van der Waals surface area contributed by atoms with Gasteiger partial charge in [0.1, 0.15) is 0 Å². The Morgan fingerprint density at radius 1 is 1.26 bits per heavy atom. The molecule has 1 aromatic carbocycles. The molecule has 1 N–H and O–H groups in total. The highest BCUT2D eigenvalue weighted by Crippen LogP contribution is 2.32. The van der Waals surface area contributed by atoms with Crippen LogP contribution in [-0.2, 0) is 22.5 Å². The molecule has 2 aliphatic rings. The number of carbonyl (C=O) groups excluding carboxylic acids is 1. The Labute approximate surface area is 207 Å². The molecule has 3 heterocycles. The number of carbonyl (C=O) groups is 2. The van der Waals surface area contributed by atoms with Crippen molar-refractivity contribution in [2.45, 2.75) is 77.1 Å². The number of amides is 2. The third-order valence-corrected chi connectivity index (χ3v) is 7.90. The second-order valence-corrected chi connectivity index (χ2v) is 9.74. The van der Waals surface area contributed by atoms with Crippen molar-refractivity contribution < 1.29 is 19.4 Å². The molecule has 0 bridgehead atoms. The first-order chi connectivity index (χ1) is 16.9. The highest BCUT2D eigenvalue weighted by molar-refractivity contribution is 5.83. The van der Waals surface area contributed by atoms with E-state index >= 15 is 0 Å². The number of methoxy groups -OCH3 is 1. The van der Waals surface area contributed by atoms with E-state index in [-0.39, 0.29) is 24.2 Å². The van der Waals surface area contributed by atoms with Gasteiger partial charge in [0.05, 0.1) is 23.7 Å². The lowest BCUT2D eigenvalue weighted by Gasteiger charge is -2.34. The minimum Gasteiger partial charge on any atom is -0.481 e. The maximum atomic E-state index is 13.7. The van der Waals surface area contributed by atoms with E-state index in [0.717, 1.165) is 43.1 Å². The van der Waals surface area contributed by atoms with Crippen LogP contribution in [0.4, 0.5) is 4.79 Å². The van der Waals surface area contributed by atoms with Crippen LogP contribution in [0.25, 0.3) is 10.9 Å². The monoisotopic (exact) mass is 480 g/mol. The molecule has 1 unspecified atom stereocenters. The first-order valence-corrected chi connectivity index (χ1v) is 12.8. The summed E-state index contributed by atoms with van der Waals surface area (Å²) in [5, 5.41) is 20.2. The molecule has 188 valence electrons. The van der Waals surface area contributed by atoms with Crippen molar-refractivity contribution >= 4 is 22.9 Å². The lowest BCUT2D eigenvalue weighted by atomic mass is 9.94. The van der Waals surface area contributed by atoms with Crippen molar-refractivity contribution in [3.63, 3.8) is 0 Å². The number of aromatic nitrogens is 1. The van der Waals surface area contributed by atoms with E-state index < -0.39 is 11.9 Å². The molecule has 4 rings (SSSR count). The van der Waals surface area contributed by atoms with Crippen molar-refractivity contribution in [1.82, 2.24) is 14.4 Å². The van der Waals surface area contributed by atoms with Gasteiger partial charge in [-0.2, -0.15) is 5.26 Å². The number of nitriles is 1. The number of rotatable bonds is 8. The molecule has 2 aromatic rings. The molecule has 35 heavy (non-hydrogen) atoms. The third kappa shape index (κ3) is 4.87. The number of nitrogens with zero attached hydrogens (tertiary/aromatic N) is 4. The smallest absolute Gasteiger partial charge is 0.320 e. The summed E-state index contributed by atoms with van der Waals surface area (Å²) in [5.74, 6) is -1.43. The summed E-state index contributed by atoms with van der Waals surface area (Å²) in [6.45, 7) is 5.95. The SMILES string of the molecule is CCC(C(=O)O)[C@H]1C[C@@H](OC)CN1C(=O)N1CCC[C@H]1CCc1cc2ccc(C#N)cc2n1CC. The summed E-state index contributed by atoms with van der Waals surface area (Å²) in [4.78, 5) is 29.3. The van der Waals surface area contributed by atoms with Gasteiger partial charge in [-0.3, -0.25) is 4.79 Å². The Bertz CT molecular complexity index is 1120. The predicted octanol–water partition coefficient (Wildman–Crippen LogP) is 4.25. The van der Waals surface area contributed by atoms with Crippen LogP contribution in [0.2, 0.25) is 0 Å². The summed E-state index contributed by atoms with van der Waals surface area (Å²) < 4.78 is 7.79. The van der Waals surface area contributed by atoms with Crippen molar-refractivity contribution in [2.75, 3.05) is 20.2 Å². The summed E-state index contributed by atoms with van der Waals surface area (Å²) in [6, 6.07) is 9.96. The number of ether oxygens (including phenoxy) is 1. The van der Waals surface area contributed by atoms with Crippen LogP contribution in [0.3, 0.4) is 0 Å². The van der Waals surface area contributed by atoms with Crippen LogP contribution in [0, 0.1) is 17.2 Å². The highest BCUT2D eigenvalue weighted by Gasteiger charge is 2.44. The minimum absolute atomic E-state index is 0.0496. The highest BCUT2D eigenvalue weighted by atomic mass is 16.5. The van der Waals surface area contributed by atoms with Gasteiger partial charge in [-0.25, -0.2) is 4.79 Å². The summed E-state index contributed by atoms with van der Waals surface area (Å²) in [7, 11) is 1.63. The van der Waals surface area contributed by atoms with Gasteiger partial charge in [0.15, 0.2) is 0 Å². The second kappa shape index (κ2) is 10.7. The number of carboxylic acids is 1. The average Bonchev–Trinajstić information content (AvgIpc) is 3.58. The van der Waals surface area contributed by atoms with Crippen LogP contribution in [0.15, 0.2) is 24.3 Å². The fourth-order valence-corrected chi connectivity index (χ4v) is 6.04. The van der Waals surface area contributed by atoms with E-state index in [1.54, 1.807) is 12.0 Å². The van der Waals surface area contributed by atoms with Gasteiger partial charge < -0.3 is 24.2 Å². The Balaban J connectivity index is 1.50. The van der Waals surface area contributed by atoms with Gasteiger partial charge in [0.25, 0.3) is 0 Å². The lowest BCUT2D eigenvalue weighted by Crippen LogP contribution is -2.50.